The van der Waals surface area contributed by atoms with E-state index in [-0.39, 0.29) is 17.5 Å². The Balaban J connectivity index is 2.26. The van der Waals surface area contributed by atoms with Gasteiger partial charge in [-0.15, -0.1) is 0 Å². The third kappa shape index (κ3) is 2.28. The number of H-pyrrole nitrogens is 1. The van der Waals surface area contributed by atoms with Crippen LogP contribution < -0.4 is 11.2 Å². The number of benzene rings is 1. The molecule has 1 aliphatic carbocycles. The first kappa shape index (κ1) is 13.7. The molecule has 5 nitrogen and oxygen atoms in total. The zero-order valence-corrected chi connectivity index (χ0v) is 12.1. The molecular weight excluding hydrogens is 268 g/mol. The van der Waals surface area contributed by atoms with Crippen molar-refractivity contribution in [1.82, 2.24) is 9.55 Å². The summed E-state index contributed by atoms with van der Waals surface area (Å²) in [6, 6.07) is 7.20. The molecule has 5 heteroatoms. The Labute approximate surface area is 121 Å². The smallest absolute Gasteiger partial charge is 0.331 e. The van der Waals surface area contributed by atoms with Crippen LogP contribution in [0.2, 0.25) is 0 Å². The van der Waals surface area contributed by atoms with Crippen molar-refractivity contribution >= 4 is 0 Å². The van der Waals surface area contributed by atoms with E-state index in [0.29, 0.717) is 11.5 Å². The van der Waals surface area contributed by atoms with Gasteiger partial charge >= 0.3 is 5.69 Å². The molecule has 3 rings (SSSR count). The van der Waals surface area contributed by atoms with Crippen LogP contribution in [0.3, 0.4) is 0 Å². The predicted molar refractivity (Wildman–Crippen MR) is 80.6 cm³/mol. The predicted octanol–water partition coefficient (Wildman–Crippen LogP) is 2.19. The van der Waals surface area contributed by atoms with Crippen molar-refractivity contribution < 1.29 is 5.11 Å². The molecule has 0 bridgehead atoms. The topological polar surface area (TPSA) is 75.1 Å². The second-order valence-electron chi connectivity index (χ2n) is 5.72. The van der Waals surface area contributed by atoms with Crippen LogP contribution in [-0.4, -0.2) is 14.7 Å². The van der Waals surface area contributed by atoms with Gasteiger partial charge in [-0.3, -0.25) is 14.3 Å². The van der Waals surface area contributed by atoms with E-state index in [0.717, 1.165) is 18.4 Å². The average Bonchev–Trinajstić information content (AvgIpc) is 3.24. The molecule has 2 N–H and O–H groups in total. The van der Waals surface area contributed by atoms with Gasteiger partial charge in [-0.05, 0) is 43.7 Å². The highest BCUT2D eigenvalue weighted by atomic mass is 16.3. The minimum absolute atomic E-state index is 0.114. The van der Waals surface area contributed by atoms with Gasteiger partial charge in [-0.2, -0.15) is 0 Å². The number of aromatic hydroxyl groups is 1. The van der Waals surface area contributed by atoms with E-state index in [1.165, 1.54) is 4.57 Å². The van der Waals surface area contributed by atoms with Gasteiger partial charge in [0.25, 0.3) is 5.56 Å². The van der Waals surface area contributed by atoms with Crippen LogP contribution in [0.1, 0.15) is 31.4 Å². The molecule has 1 aromatic heterocycles. The Morgan fingerprint density at radius 1 is 1.29 bits per heavy atom. The van der Waals surface area contributed by atoms with E-state index in [1.807, 2.05) is 26.0 Å². The lowest BCUT2D eigenvalue weighted by molar-refractivity contribution is 0.356. The number of hydrogen-bond acceptors (Lipinski definition) is 3. The number of rotatable bonds is 3. The molecule has 1 aliphatic rings. The van der Waals surface area contributed by atoms with Crippen LogP contribution in [0, 0.1) is 12.8 Å². The first-order chi connectivity index (χ1) is 10.0. The Morgan fingerprint density at radius 3 is 2.57 bits per heavy atom. The summed E-state index contributed by atoms with van der Waals surface area (Å²) in [7, 11) is 0. The van der Waals surface area contributed by atoms with Crippen molar-refractivity contribution in [2.45, 2.75) is 32.7 Å². The van der Waals surface area contributed by atoms with E-state index < -0.39 is 11.2 Å². The van der Waals surface area contributed by atoms with Crippen molar-refractivity contribution in [2.75, 3.05) is 0 Å². The zero-order chi connectivity index (χ0) is 15.1. The van der Waals surface area contributed by atoms with Gasteiger partial charge in [0.2, 0.25) is 5.88 Å². The normalized spacial score (nSPS) is 15.9. The fourth-order valence-corrected chi connectivity index (χ4v) is 2.80. The lowest BCUT2D eigenvalue weighted by atomic mass is 10.0. The molecule has 110 valence electrons. The number of nitrogens with one attached hydrogen (secondary N) is 1. The van der Waals surface area contributed by atoms with Gasteiger partial charge in [0.1, 0.15) is 5.56 Å². The molecule has 1 atom stereocenters. The molecule has 1 unspecified atom stereocenters. The first-order valence-corrected chi connectivity index (χ1v) is 7.14. The van der Waals surface area contributed by atoms with Crippen LogP contribution in [0.25, 0.3) is 11.1 Å². The molecule has 21 heavy (non-hydrogen) atoms. The maximum absolute atomic E-state index is 12.1. The molecule has 2 aromatic rings. The van der Waals surface area contributed by atoms with Crippen molar-refractivity contribution in [3.05, 3.63) is 50.7 Å². The summed E-state index contributed by atoms with van der Waals surface area (Å²) in [5, 5.41) is 10.5. The Morgan fingerprint density at radius 2 is 1.95 bits per heavy atom. The Bertz CT molecular complexity index is 800. The molecule has 0 radical (unpaired) electrons. The highest BCUT2D eigenvalue weighted by Crippen LogP contribution is 2.41. The maximum Gasteiger partial charge on any atom is 0.331 e. The van der Waals surface area contributed by atoms with Gasteiger partial charge in [0.05, 0.1) is 0 Å². The first-order valence-electron chi connectivity index (χ1n) is 7.14. The minimum Gasteiger partial charge on any atom is -0.494 e. The van der Waals surface area contributed by atoms with Crippen molar-refractivity contribution in [2.24, 2.45) is 5.92 Å². The number of hydrogen-bond donors (Lipinski definition) is 2. The summed E-state index contributed by atoms with van der Waals surface area (Å²) in [6.07, 6.45) is 2.09. The Kier molecular flexibility index (Phi) is 3.20. The molecule has 0 saturated heterocycles. The molecule has 1 aromatic carbocycles. The molecule has 0 amide bonds. The SMILES string of the molecule is Cc1ccccc1-c1c(O)n(C(C)C2CC2)c(=O)[nH]c1=O. The summed E-state index contributed by atoms with van der Waals surface area (Å²) < 4.78 is 1.31. The molecule has 0 aliphatic heterocycles. The van der Waals surface area contributed by atoms with Gasteiger partial charge in [-0.1, -0.05) is 24.3 Å². The summed E-state index contributed by atoms with van der Waals surface area (Å²) in [6.45, 7) is 3.77. The lowest BCUT2D eigenvalue weighted by Crippen LogP contribution is -2.33. The zero-order valence-electron chi connectivity index (χ0n) is 12.1. The second kappa shape index (κ2) is 4.91. The fraction of sp³-hybridized carbons (Fsp3) is 0.375. The monoisotopic (exact) mass is 286 g/mol. The van der Waals surface area contributed by atoms with Crippen molar-refractivity contribution in [3.63, 3.8) is 0 Å². The molecular formula is C16H18N2O3. The van der Waals surface area contributed by atoms with Crippen LogP contribution >= 0.6 is 0 Å². The molecule has 1 saturated carbocycles. The van der Waals surface area contributed by atoms with Gasteiger partial charge in [-0.25, -0.2) is 4.79 Å². The highest BCUT2D eigenvalue weighted by Gasteiger charge is 2.32. The quantitative estimate of drug-likeness (QED) is 0.908. The second-order valence-corrected chi connectivity index (χ2v) is 5.72. The maximum atomic E-state index is 12.1. The third-order valence-corrected chi connectivity index (χ3v) is 4.24. The van der Waals surface area contributed by atoms with Crippen LogP contribution in [-0.2, 0) is 0 Å². The highest BCUT2D eigenvalue weighted by molar-refractivity contribution is 5.70. The van der Waals surface area contributed by atoms with E-state index >= 15 is 0 Å². The van der Waals surface area contributed by atoms with E-state index in [9.17, 15) is 14.7 Å². The number of aromatic nitrogens is 2. The standard InChI is InChI=1S/C16H18N2O3/c1-9-5-3-4-6-12(9)13-14(19)17-16(21)18(15(13)20)10(2)11-7-8-11/h3-6,10-11,20H,7-8H2,1-2H3,(H,17,19,21). The Hall–Kier alpha value is -2.30. The van der Waals surface area contributed by atoms with Gasteiger partial charge < -0.3 is 5.11 Å². The van der Waals surface area contributed by atoms with Gasteiger partial charge in [0, 0.05) is 6.04 Å². The average molecular weight is 286 g/mol. The van der Waals surface area contributed by atoms with E-state index in [4.69, 9.17) is 0 Å². The number of nitrogens with zero attached hydrogens (tertiary/aromatic N) is 1. The fourth-order valence-electron chi connectivity index (χ4n) is 2.80. The summed E-state index contributed by atoms with van der Waals surface area (Å²) >= 11 is 0. The number of aryl methyl sites for hydroxylation is 1. The molecule has 1 heterocycles. The largest absolute Gasteiger partial charge is 0.494 e. The van der Waals surface area contributed by atoms with E-state index in [1.54, 1.807) is 12.1 Å². The van der Waals surface area contributed by atoms with Crippen molar-refractivity contribution in [1.29, 1.82) is 0 Å². The van der Waals surface area contributed by atoms with Crippen LogP contribution in [0.5, 0.6) is 5.88 Å². The lowest BCUT2D eigenvalue weighted by Gasteiger charge is -2.18. The van der Waals surface area contributed by atoms with Crippen LogP contribution in [0.15, 0.2) is 33.9 Å². The summed E-state index contributed by atoms with van der Waals surface area (Å²) in [5.74, 6) is 0.154. The summed E-state index contributed by atoms with van der Waals surface area (Å²) in [5.41, 5.74) is 0.594. The van der Waals surface area contributed by atoms with E-state index in [2.05, 4.69) is 4.98 Å². The molecule has 0 spiro atoms. The van der Waals surface area contributed by atoms with Gasteiger partial charge in [0.15, 0.2) is 0 Å². The third-order valence-electron chi connectivity index (χ3n) is 4.24. The van der Waals surface area contributed by atoms with Crippen molar-refractivity contribution in [3.8, 4) is 17.0 Å². The summed E-state index contributed by atoms with van der Waals surface area (Å²) in [4.78, 5) is 26.5. The minimum atomic E-state index is -0.550. The van der Waals surface area contributed by atoms with Crippen LogP contribution in [0.4, 0.5) is 0 Å². The number of aromatic amines is 1. The molecule has 1 fully saturated rings.